The smallest absolute Gasteiger partial charge is 0.222 e. The highest BCUT2D eigenvalue weighted by Crippen LogP contribution is 2.66. The lowest BCUT2D eigenvalue weighted by molar-refractivity contribution is -0.140. The Morgan fingerprint density at radius 3 is 1.80 bits per heavy atom. The van der Waals surface area contributed by atoms with Gasteiger partial charge in [0.15, 0.2) is 0 Å². The molecular weight excluding hydrogens is 384 g/mol. The van der Waals surface area contributed by atoms with Gasteiger partial charge in [0.25, 0.3) is 0 Å². The highest BCUT2D eigenvalue weighted by Gasteiger charge is 2.60. The normalized spacial score (nSPS) is 34.4. The Morgan fingerprint density at radius 1 is 0.800 bits per heavy atom. The minimum absolute atomic E-state index is 0.0263. The predicted octanol–water partition coefficient (Wildman–Crippen LogP) is 2.27. The van der Waals surface area contributed by atoms with Crippen molar-refractivity contribution in [2.24, 2.45) is 22.5 Å². The van der Waals surface area contributed by atoms with Crippen LogP contribution in [0.5, 0.6) is 0 Å². The summed E-state index contributed by atoms with van der Waals surface area (Å²) in [6.45, 7) is 9.59. The minimum atomic E-state index is 0.0263. The van der Waals surface area contributed by atoms with Crippen molar-refractivity contribution in [2.45, 2.75) is 64.3 Å². The van der Waals surface area contributed by atoms with Gasteiger partial charge in [0.2, 0.25) is 5.91 Å². The predicted molar refractivity (Wildman–Crippen MR) is 115 cm³/mol. The molecule has 1 amide bonds. The second-order valence-corrected chi connectivity index (χ2v) is 10.4. The van der Waals surface area contributed by atoms with Crippen LogP contribution in [-0.4, -0.2) is 70.8 Å². The standard InChI is InChI=1S/C23H42N2O5/c1-21-13-19-14-22(2,16-21)18-23(15-19,17-21)25-20(26)3-5-27-7-9-29-11-12-30-10-8-28-6-4-24/h19H,3-18,24H2,1-2H3,(H,25,26). The number of rotatable bonds is 15. The summed E-state index contributed by atoms with van der Waals surface area (Å²) < 4.78 is 21.7. The molecule has 4 fully saturated rings. The fourth-order valence-corrected chi connectivity index (χ4v) is 6.96. The third-order valence-corrected chi connectivity index (χ3v) is 6.88. The number of carbonyl (C=O) groups is 1. The Hall–Kier alpha value is -0.730. The number of carbonyl (C=O) groups excluding carboxylic acids is 1. The van der Waals surface area contributed by atoms with Crippen LogP contribution in [-0.2, 0) is 23.7 Å². The van der Waals surface area contributed by atoms with Gasteiger partial charge in [-0.1, -0.05) is 13.8 Å². The van der Waals surface area contributed by atoms with E-state index in [1.54, 1.807) is 0 Å². The fraction of sp³-hybridized carbons (Fsp3) is 0.957. The molecule has 7 nitrogen and oxygen atoms in total. The van der Waals surface area contributed by atoms with Crippen LogP contribution in [0.2, 0.25) is 0 Å². The summed E-state index contributed by atoms with van der Waals surface area (Å²) in [4.78, 5) is 12.6. The molecule has 174 valence electrons. The van der Waals surface area contributed by atoms with Gasteiger partial charge in [0.05, 0.1) is 52.9 Å². The topological polar surface area (TPSA) is 92.0 Å². The molecule has 0 radical (unpaired) electrons. The van der Waals surface area contributed by atoms with Gasteiger partial charge in [-0.2, -0.15) is 0 Å². The molecule has 2 unspecified atom stereocenters. The SMILES string of the molecule is CC12CC3CC(C)(C1)CC(NC(=O)CCOCCOCCOCCOCCN)(C3)C2. The van der Waals surface area contributed by atoms with E-state index in [1.807, 2.05) is 0 Å². The fourth-order valence-electron chi connectivity index (χ4n) is 6.96. The van der Waals surface area contributed by atoms with Crippen LogP contribution in [0.3, 0.4) is 0 Å². The molecular formula is C23H42N2O5. The van der Waals surface area contributed by atoms with E-state index in [2.05, 4.69) is 19.2 Å². The van der Waals surface area contributed by atoms with E-state index >= 15 is 0 Å². The highest BCUT2D eigenvalue weighted by atomic mass is 16.6. The van der Waals surface area contributed by atoms with Gasteiger partial charge in [-0.25, -0.2) is 0 Å². The van der Waals surface area contributed by atoms with Crippen LogP contribution < -0.4 is 11.1 Å². The zero-order valence-electron chi connectivity index (χ0n) is 19.0. The molecule has 0 aromatic carbocycles. The van der Waals surface area contributed by atoms with Crippen molar-refractivity contribution in [1.29, 1.82) is 0 Å². The highest BCUT2D eigenvalue weighted by molar-refractivity contribution is 5.77. The molecule has 0 saturated heterocycles. The quantitative estimate of drug-likeness (QED) is 0.390. The second kappa shape index (κ2) is 10.7. The number of amides is 1. The Balaban J connectivity index is 1.20. The Labute approximate surface area is 181 Å². The van der Waals surface area contributed by atoms with Crippen molar-refractivity contribution in [3.8, 4) is 0 Å². The van der Waals surface area contributed by atoms with Crippen LogP contribution in [0, 0.1) is 16.7 Å². The van der Waals surface area contributed by atoms with Crippen LogP contribution in [0.15, 0.2) is 0 Å². The van der Waals surface area contributed by atoms with Crippen LogP contribution in [0.25, 0.3) is 0 Å². The van der Waals surface area contributed by atoms with Crippen molar-refractivity contribution in [3.05, 3.63) is 0 Å². The second-order valence-electron chi connectivity index (χ2n) is 10.4. The number of nitrogens with one attached hydrogen (secondary N) is 1. The molecule has 7 heteroatoms. The van der Waals surface area contributed by atoms with E-state index in [-0.39, 0.29) is 11.4 Å². The van der Waals surface area contributed by atoms with Crippen molar-refractivity contribution in [1.82, 2.24) is 5.32 Å². The van der Waals surface area contributed by atoms with Crippen molar-refractivity contribution in [2.75, 3.05) is 59.4 Å². The molecule has 4 saturated carbocycles. The summed E-state index contributed by atoms with van der Waals surface area (Å²) in [6, 6.07) is 0. The Kier molecular flexibility index (Phi) is 8.55. The molecule has 4 bridgehead atoms. The lowest BCUT2D eigenvalue weighted by Crippen LogP contribution is -2.65. The third-order valence-electron chi connectivity index (χ3n) is 6.88. The summed E-state index contributed by atoms with van der Waals surface area (Å²) in [5.74, 6) is 0.919. The third kappa shape index (κ3) is 6.89. The summed E-state index contributed by atoms with van der Waals surface area (Å²) in [5, 5.41) is 3.43. The van der Waals surface area contributed by atoms with Crippen molar-refractivity contribution in [3.63, 3.8) is 0 Å². The largest absolute Gasteiger partial charge is 0.379 e. The molecule has 0 aliphatic heterocycles. The molecule has 0 spiro atoms. The first kappa shape index (κ1) is 23.9. The van der Waals surface area contributed by atoms with E-state index in [0.29, 0.717) is 76.7 Å². The molecule has 4 rings (SSSR count). The van der Waals surface area contributed by atoms with Gasteiger partial charge in [0.1, 0.15) is 0 Å². The van der Waals surface area contributed by atoms with E-state index in [9.17, 15) is 4.79 Å². The van der Waals surface area contributed by atoms with Crippen LogP contribution >= 0.6 is 0 Å². The maximum Gasteiger partial charge on any atom is 0.222 e. The first-order valence-electron chi connectivity index (χ1n) is 11.7. The molecule has 30 heavy (non-hydrogen) atoms. The zero-order valence-corrected chi connectivity index (χ0v) is 19.0. The minimum Gasteiger partial charge on any atom is -0.379 e. The van der Waals surface area contributed by atoms with E-state index in [4.69, 9.17) is 24.7 Å². The summed E-state index contributed by atoms with van der Waals surface area (Å²) in [5.41, 5.74) is 6.19. The molecule has 4 aliphatic carbocycles. The summed E-state index contributed by atoms with van der Waals surface area (Å²) in [6.07, 6.45) is 7.89. The van der Waals surface area contributed by atoms with Gasteiger partial charge in [0, 0.05) is 18.5 Å². The van der Waals surface area contributed by atoms with E-state index in [1.165, 1.54) is 25.7 Å². The average molecular weight is 427 g/mol. The van der Waals surface area contributed by atoms with Gasteiger partial charge >= 0.3 is 0 Å². The summed E-state index contributed by atoms with van der Waals surface area (Å²) in [7, 11) is 0. The van der Waals surface area contributed by atoms with Gasteiger partial charge in [-0.05, 0) is 55.3 Å². The lowest BCUT2D eigenvalue weighted by atomic mass is 9.43. The van der Waals surface area contributed by atoms with Gasteiger partial charge in [-0.3, -0.25) is 4.79 Å². The first-order chi connectivity index (χ1) is 14.4. The van der Waals surface area contributed by atoms with Gasteiger partial charge in [-0.15, -0.1) is 0 Å². The zero-order chi connectivity index (χ0) is 21.5. The Bertz CT molecular complexity index is 540. The Morgan fingerprint density at radius 2 is 1.30 bits per heavy atom. The number of ether oxygens (including phenoxy) is 4. The molecule has 4 aliphatic rings. The number of nitrogens with two attached hydrogens (primary N) is 1. The molecule has 3 N–H and O–H groups in total. The maximum atomic E-state index is 12.6. The number of hydrogen-bond donors (Lipinski definition) is 2. The van der Waals surface area contributed by atoms with E-state index in [0.717, 1.165) is 18.8 Å². The molecule has 0 aromatic rings. The molecule has 0 heterocycles. The van der Waals surface area contributed by atoms with E-state index < -0.39 is 0 Å². The van der Waals surface area contributed by atoms with Crippen molar-refractivity contribution >= 4 is 5.91 Å². The monoisotopic (exact) mass is 426 g/mol. The van der Waals surface area contributed by atoms with Crippen LogP contribution in [0.1, 0.15) is 58.8 Å². The molecule has 2 atom stereocenters. The van der Waals surface area contributed by atoms with Gasteiger partial charge < -0.3 is 30.0 Å². The first-order valence-corrected chi connectivity index (χ1v) is 11.7. The maximum absolute atomic E-state index is 12.6. The molecule has 0 aromatic heterocycles. The lowest BCUT2D eigenvalue weighted by Gasteiger charge is -2.65. The summed E-state index contributed by atoms with van der Waals surface area (Å²) >= 11 is 0. The average Bonchev–Trinajstić information content (AvgIpc) is 2.62. The van der Waals surface area contributed by atoms with Crippen LogP contribution in [0.4, 0.5) is 0 Å². The van der Waals surface area contributed by atoms with Crippen molar-refractivity contribution < 1.29 is 23.7 Å². The number of hydrogen-bond acceptors (Lipinski definition) is 6.